The maximum absolute atomic E-state index is 12.9. The molecule has 0 aromatic heterocycles. The smallest absolute Gasteiger partial charge is 0.322 e. The van der Waals surface area contributed by atoms with Gasteiger partial charge < -0.3 is 15.4 Å². The molecule has 2 aliphatic rings. The highest BCUT2D eigenvalue weighted by Crippen LogP contribution is 2.44. The molecule has 2 fully saturated rings. The van der Waals surface area contributed by atoms with Crippen molar-refractivity contribution in [3.8, 4) is 5.75 Å². The van der Waals surface area contributed by atoms with Crippen molar-refractivity contribution in [2.75, 3.05) is 13.7 Å². The molecule has 7 nitrogen and oxygen atoms in total. The van der Waals surface area contributed by atoms with Crippen LogP contribution in [0.5, 0.6) is 5.75 Å². The van der Waals surface area contributed by atoms with Crippen LogP contribution < -0.4 is 20.7 Å². The molecule has 2 aromatic carbocycles. The molecule has 1 saturated heterocycles. The third kappa shape index (κ3) is 3.51. The van der Waals surface area contributed by atoms with Crippen LogP contribution >= 0.6 is 0 Å². The molecule has 1 saturated carbocycles. The molecular formula is C23H25N3O4. The molecule has 30 heavy (non-hydrogen) atoms. The molecular weight excluding hydrogens is 382 g/mol. The third-order valence-electron chi connectivity index (χ3n) is 6.40. The average Bonchev–Trinajstić information content (AvgIpc) is 3.06. The molecule has 0 atom stereocenters. The summed E-state index contributed by atoms with van der Waals surface area (Å²) in [6.07, 6.45) is 2.36. The van der Waals surface area contributed by atoms with Gasteiger partial charge in [-0.25, -0.2) is 4.79 Å². The van der Waals surface area contributed by atoms with Crippen LogP contribution in [0.1, 0.15) is 41.6 Å². The number of para-hydroxylation sites is 1. The van der Waals surface area contributed by atoms with Crippen LogP contribution in [-0.2, 0) is 10.2 Å². The average molecular weight is 407 g/mol. The van der Waals surface area contributed by atoms with Crippen molar-refractivity contribution in [3.63, 3.8) is 0 Å². The van der Waals surface area contributed by atoms with Crippen molar-refractivity contribution in [1.29, 1.82) is 0 Å². The Bertz CT molecular complexity index is 965. The second-order valence-corrected chi connectivity index (χ2v) is 8.02. The fourth-order valence-electron chi connectivity index (χ4n) is 4.57. The minimum atomic E-state index is -0.845. The van der Waals surface area contributed by atoms with E-state index in [2.05, 4.69) is 28.1 Å². The predicted molar refractivity (Wildman–Crippen MR) is 111 cm³/mol. The van der Waals surface area contributed by atoms with Crippen molar-refractivity contribution in [3.05, 3.63) is 65.7 Å². The van der Waals surface area contributed by atoms with Crippen molar-refractivity contribution in [1.82, 2.24) is 16.0 Å². The minimum absolute atomic E-state index is 0.199. The highest BCUT2D eigenvalue weighted by molar-refractivity contribution is 6.07. The standard InChI is InChI=1S/C23H25N3O4/c1-30-18-10-6-5-9-17(18)19(27)24-15-22(16-7-3-2-4-8-16)11-13-23(14-12-22)20(28)25-21(29)26-23/h2-10H,11-15H2,1H3,(H,24,27)(H2,25,26,28,29)/t22-,23-. The Morgan fingerprint density at radius 2 is 1.67 bits per heavy atom. The van der Waals surface area contributed by atoms with Crippen LogP contribution in [-0.4, -0.2) is 37.0 Å². The highest BCUT2D eigenvalue weighted by atomic mass is 16.5. The van der Waals surface area contributed by atoms with E-state index in [1.54, 1.807) is 25.3 Å². The Morgan fingerprint density at radius 1 is 1.00 bits per heavy atom. The molecule has 3 N–H and O–H groups in total. The van der Waals surface area contributed by atoms with Crippen LogP contribution in [0.4, 0.5) is 4.79 Å². The molecule has 7 heteroatoms. The zero-order valence-corrected chi connectivity index (χ0v) is 16.9. The largest absolute Gasteiger partial charge is 0.496 e. The van der Waals surface area contributed by atoms with Gasteiger partial charge >= 0.3 is 6.03 Å². The monoisotopic (exact) mass is 407 g/mol. The van der Waals surface area contributed by atoms with Crippen molar-refractivity contribution >= 4 is 17.8 Å². The minimum Gasteiger partial charge on any atom is -0.496 e. The number of ether oxygens (including phenoxy) is 1. The van der Waals surface area contributed by atoms with Gasteiger partial charge in [0, 0.05) is 12.0 Å². The molecule has 1 spiro atoms. The zero-order valence-electron chi connectivity index (χ0n) is 16.9. The SMILES string of the molecule is COc1ccccc1C(=O)NC[C@]1(c2ccccc2)CC[C@@]2(CC1)NC(=O)NC2=O. The van der Waals surface area contributed by atoms with E-state index < -0.39 is 11.6 Å². The van der Waals surface area contributed by atoms with Gasteiger partial charge in [0.15, 0.2) is 0 Å². The number of amides is 4. The van der Waals surface area contributed by atoms with E-state index in [1.165, 1.54) is 0 Å². The Balaban J connectivity index is 1.55. The van der Waals surface area contributed by atoms with E-state index in [9.17, 15) is 14.4 Å². The quantitative estimate of drug-likeness (QED) is 0.664. The predicted octanol–water partition coefficient (Wildman–Crippen LogP) is 2.52. The first-order valence-corrected chi connectivity index (χ1v) is 10.1. The maximum atomic E-state index is 12.9. The Hall–Kier alpha value is -3.35. The molecule has 0 bridgehead atoms. The van der Waals surface area contributed by atoms with Gasteiger partial charge in [-0.1, -0.05) is 42.5 Å². The van der Waals surface area contributed by atoms with Gasteiger partial charge in [0.2, 0.25) is 0 Å². The summed E-state index contributed by atoms with van der Waals surface area (Å²) in [5.41, 5.74) is 0.433. The summed E-state index contributed by atoms with van der Waals surface area (Å²) < 4.78 is 5.31. The molecule has 0 unspecified atom stereocenters. The van der Waals surface area contributed by atoms with E-state index in [0.717, 1.165) is 5.56 Å². The lowest BCUT2D eigenvalue weighted by molar-refractivity contribution is -0.125. The van der Waals surface area contributed by atoms with Crippen molar-refractivity contribution in [2.45, 2.75) is 36.6 Å². The fraction of sp³-hybridized carbons (Fsp3) is 0.348. The van der Waals surface area contributed by atoms with Crippen molar-refractivity contribution < 1.29 is 19.1 Å². The number of imide groups is 1. The van der Waals surface area contributed by atoms with Gasteiger partial charge in [-0.15, -0.1) is 0 Å². The third-order valence-corrected chi connectivity index (χ3v) is 6.40. The summed E-state index contributed by atoms with van der Waals surface area (Å²) in [5, 5.41) is 8.24. The normalized spacial score (nSPS) is 25.5. The second-order valence-electron chi connectivity index (χ2n) is 8.02. The number of benzene rings is 2. The molecule has 2 aromatic rings. The number of hydrogen-bond acceptors (Lipinski definition) is 4. The number of hydrogen-bond donors (Lipinski definition) is 3. The first-order valence-electron chi connectivity index (χ1n) is 10.1. The van der Waals surface area contributed by atoms with Gasteiger partial charge in [0.1, 0.15) is 11.3 Å². The second kappa shape index (κ2) is 7.82. The number of urea groups is 1. The summed E-state index contributed by atoms with van der Waals surface area (Å²) in [6, 6.07) is 16.7. The van der Waals surface area contributed by atoms with E-state index in [0.29, 0.717) is 43.5 Å². The number of methoxy groups -OCH3 is 1. The van der Waals surface area contributed by atoms with Gasteiger partial charge in [-0.05, 0) is 43.4 Å². The van der Waals surface area contributed by atoms with Crippen LogP contribution in [0, 0.1) is 0 Å². The summed E-state index contributed by atoms with van der Waals surface area (Å²) in [4.78, 5) is 36.9. The Morgan fingerprint density at radius 3 is 2.30 bits per heavy atom. The lowest BCUT2D eigenvalue weighted by Crippen LogP contribution is -2.54. The summed E-state index contributed by atoms with van der Waals surface area (Å²) in [5.74, 6) is 0.0684. The van der Waals surface area contributed by atoms with Gasteiger partial charge in [-0.2, -0.15) is 0 Å². The maximum Gasteiger partial charge on any atom is 0.322 e. The zero-order chi connectivity index (χ0) is 21.2. The van der Waals surface area contributed by atoms with Gasteiger partial charge in [0.05, 0.1) is 12.7 Å². The Kier molecular flexibility index (Phi) is 5.20. The van der Waals surface area contributed by atoms with Gasteiger partial charge in [0.25, 0.3) is 11.8 Å². The van der Waals surface area contributed by atoms with E-state index in [4.69, 9.17) is 4.74 Å². The van der Waals surface area contributed by atoms with E-state index in [-0.39, 0.29) is 17.2 Å². The first kappa shape index (κ1) is 19.9. The van der Waals surface area contributed by atoms with Crippen LogP contribution in [0.2, 0.25) is 0 Å². The lowest BCUT2D eigenvalue weighted by Gasteiger charge is -2.44. The molecule has 4 amide bonds. The van der Waals surface area contributed by atoms with Crippen molar-refractivity contribution in [2.24, 2.45) is 0 Å². The Labute approximate surface area is 175 Å². The lowest BCUT2D eigenvalue weighted by atomic mass is 9.64. The van der Waals surface area contributed by atoms with Crippen LogP contribution in [0.25, 0.3) is 0 Å². The number of carbonyl (C=O) groups excluding carboxylic acids is 3. The van der Waals surface area contributed by atoms with Gasteiger partial charge in [-0.3, -0.25) is 14.9 Å². The first-order chi connectivity index (χ1) is 14.5. The summed E-state index contributed by atoms with van der Waals surface area (Å²) >= 11 is 0. The van der Waals surface area contributed by atoms with E-state index in [1.807, 2.05) is 24.3 Å². The molecule has 156 valence electrons. The van der Waals surface area contributed by atoms with Crippen LogP contribution in [0.3, 0.4) is 0 Å². The summed E-state index contributed by atoms with van der Waals surface area (Å²) in [7, 11) is 1.54. The molecule has 1 aliphatic carbocycles. The molecule has 4 rings (SSSR count). The number of rotatable bonds is 5. The topological polar surface area (TPSA) is 96.5 Å². The van der Waals surface area contributed by atoms with Crippen LogP contribution in [0.15, 0.2) is 54.6 Å². The number of nitrogens with one attached hydrogen (secondary N) is 3. The number of carbonyl (C=O) groups is 3. The molecule has 1 aliphatic heterocycles. The molecule has 1 heterocycles. The summed E-state index contributed by atoms with van der Waals surface area (Å²) in [6.45, 7) is 0.430. The van der Waals surface area contributed by atoms with E-state index >= 15 is 0 Å². The fourth-order valence-corrected chi connectivity index (χ4v) is 4.57. The highest BCUT2D eigenvalue weighted by Gasteiger charge is 2.52. The molecule has 0 radical (unpaired) electrons.